The highest BCUT2D eigenvalue weighted by Crippen LogP contribution is 2.11. The zero-order valence-corrected chi connectivity index (χ0v) is 8.50. The van der Waals surface area contributed by atoms with Gasteiger partial charge in [0, 0.05) is 6.54 Å². The molecule has 0 amide bonds. The summed E-state index contributed by atoms with van der Waals surface area (Å²) in [6, 6.07) is 5.87. The Morgan fingerprint density at radius 3 is 2.71 bits per heavy atom. The SMILES string of the molecule is CNCc1ccc(CC(=O)O)c(C)c1. The number of hydrogen-bond acceptors (Lipinski definition) is 2. The topological polar surface area (TPSA) is 49.3 Å². The molecular weight excluding hydrogens is 178 g/mol. The molecule has 0 aromatic heterocycles. The normalized spacial score (nSPS) is 10.1. The molecule has 3 nitrogen and oxygen atoms in total. The Hall–Kier alpha value is -1.35. The van der Waals surface area contributed by atoms with Gasteiger partial charge in [-0.3, -0.25) is 4.79 Å². The second kappa shape index (κ2) is 4.77. The van der Waals surface area contributed by atoms with Crippen LogP contribution in [0.4, 0.5) is 0 Å². The van der Waals surface area contributed by atoms with Crippen molar-refractivity contribution in [2.24, 2.45) is 0 Å². The molecule has 0 aliphatic heterocycles. The molecule has 0 saturated heterocycles. The van der Waals surface area contributed by atoms with Gasteiger partial charge in [0.2, 0.25) is 0 Å². The van der Waals surface area contributed by atoms with Gasteiger partial charge < -0.3 is 10.4 Å². The summed E-state index contributed by atoms with van der Waals surface area (Å²) in [6.45, 7) is 2.76. The van der Waals surface area contributed by atoms with Gasteiger partial charge >= 0.3 is 5.97 Å². The minimum absolute atomic E-state index is 0.103. The molecule has 0 aliphatic carbocycles. The van der Waals surface area contributed by atoms with Crippen LogP contribution in [0.25, 0.3) is 0 Å². The molecule has 0 saturated carbocycles. The zero-order chi connectivity index (χ0) is 10.6. The molecule has 14 heavy (non-hydrogen) atoms. The first-order chi connectivity index (χ1) is 6.63. The maximum absolute atomic E-state index is 10.5. The summed E-state index contributed by atoms with van der Waals surface area (Å²) in [5.74, 6) is -0.783. The van der Waals surface area contributed by atoms with Crippen LogP contribution < -0.4 is 5.32 Å². The van der Waals surface area contributed by atoms with Crippen LogP contribution in [0.5, 0.6) is 0 Å². The number of hydrogen-bond donors (Lipinski definition) is 2. The summed E-state index contributed by atoms with van der Waals surface area (Å²) in [4.78, 5) is 10.5. The largest absolute Gasteiger partial charge is 0.481 e. The first kappa shape index (κ1) is 10.7. The summed E-state index contributed by atoms with van der Waals surface area (Å²) in [6.07, 6.45) is 0.103. The Labute approximate surface area is 83.8 Å². The van der Waals surface area contributed by atoms with E-state index in [9.17, 15) is 4.79 Å². The van der Waals surface area contributed by atoms with Crippen molar-refractivity contribution in [1.29, 1.82) is 0 Å². The van der Waals surface area contributed by atoms with Crippen LogP contribution >= 0.6 is 0 Å². The molecule has 1 aromatic rings. The molecular formula is C11H15NO2. The standard InChI is InChI=1S/C11H15NO2/c1-8-5-9(7-12-2)3-4-10(8)6-11(13)14/h3-5,12H,6-7H2,1-2H3,(H,13,14). The fourth-order valence-electron chi connectivity index (χ4n) is 1.43. The Morgan fingerprint density at radius 1 is 1.50 bits per heavy atom. The Balaban J connectivity index is 2.84. The van der Waals surface area contributed by atoms with E-state index in [0.717, 1.165) is 17.7 Å². The molecule has 0 radical (unpaired) electrons. The third kappa shape index (κ3) is 2.85. The maximum atomic E-state index is 10.5. The van der Waals surface area contributed by atoms with Crippen molar-refractivity contribution in [3.63, 3.8) is 0 Å². The van der Waals surface area contributed by atoms with Gasteiger partial charge in [-0.05, 0) is 30.7 Å². The lowest BCUT2D eigenvalue weighted by Crippen LogP contribution is -2.07. The minimum atomic E-state index is -0.783. The fraction of sp³-hybridized carbons (Fsp3) is 0.364. The number of rotatable bonds is 4. The molecule has 1 aromatic carbocycles. The van der Waals surface area contributed by atoms with E-state index < -0.39 is 5.97 Å². The molecule has 0 heterocycles. The monoisotopic (exact) mass is 193 g/mol. The third-order valence-electron chi connectivity index (χ3n) is 2.13. The van der Waals surface area contributed by atoms with Crippen LogP contribution in [0.1, 0.15) is 16.7 Å². The summed E-state index contributed by atoms with van der Waals surface area (Å²) in [7, 11) is 1.89. The van der Waals surface area contributed by atoms with E-state index in [1.54, 1.807) is 0 Å². The number of aryl methyl sites for hydroxylation is 1. The maximum Gasteiger partial charge on any atom is 0.307 e. The lowest BCUT2D eigenvalue weighted by molar-refractivity contribution is -0.136. The molecule has 0 aliphatic rings. The first-order valence-electron chi connectivity index (χ1n) is 4.58. The van der Waals surface area contributed by atoms with Crippen molar-refractivity contribution >= 4 is 5.97 Å². The van der Waals surface area contributed by atoms with Crippen LogP contribution in [0.3, 0.4) is 0 Å². The predicted molar refractivity (Wildman–Crippen MR) is 55.3 cm³/mol. The number of carboxylic acid groups (broad SMARTS) is 1. The first-order valence-corrected chi connectivity index (χ1v) is 4.58. The van der Waals surface area contributed by atoms with Crippen molar-refractivity contribution in [3.05, 3.63) is 34.9 Å². The van der Waals surface area contributed by atoms with Gasteiger partial charge in [-0.15, -0.1) is 0 Å². The van der Waals surface area contributed by atoms with Crippen LogP contribution in [-0.2, 0) is 17.8 Å². The average Bonchev–Trinajstić information content (AvgIpc) is 2.10. The number of carboxylic acids is 1. The molecule has 76 valence electrons. The molecule has 3 heteroatoms. The second-order valence-corrected chi connectivity index (χ2v) is 3.36. The predicted octanol–water partition coefficient (Wildman–Crippen LogP) is 1.34. The van der Waals surface area contributed by atoms with E-state index in [1.165, 1.54) is 5.56 Å². The molecule has 0 fully saturated rings. The summed E-state index contributed by atoms with van der Waals surface area (Å²) >= 11 is 0. The van der Waals surface area contributed by atoms with E-state index in [-0.39, 0.29) is 6.42 Å². The van der Waals surface area contributed by atoms with Gasteiger partial charge in [0.25, 0.3) is 0 Å². The molecule has 1 rings (SSSR count). The van der Waals surface area contributed by atoms with E-state index in [1.807, 2.05) is 32.2 Å². The second-order valence-electron chi connectivity index (χ2n) is 3.36. The van der Waals surface area contributed by atoms with E-state index >= 15 is 0 Å². The Bertz CT molecular complexity index is 334. The summed E-state index contributed by atoms with van der Waals surface area (Å²) < 4.78 is 0. The highest BCUT2D eigenvalue weighted by molar-refractivity contribution is 5.70. The van der Waals surface area contributed by atoms with Gasteiger partial charge in [-0.2, -0.15) is 0 Å². The third-order valence-corrected chi connectivity index (χ3v) is 2.13. The van der Waals surface area contributed by atoms with E-state index in [2.05, 4.69) is 5.32 Å². The summed E-state index contributed by atoms with van der Waals surface area (Å²) in [5, 5.41) is 11.7. The number of nitrogens with one attached hydrogen (secondary N) is 1. The summed E-state index contributed by atoms with van der Waals surface area (Å²) in [5.41, 5.74) is 3.11. The molecule has 0 atom stereocenters. The number of benzene rings is 1. The molecule has 2 N–H and O–H groups in total. The van der Waals surface area contributed by atoms with Gasteiger partial charge in [-0.25, -0.2) is 0 Å². The van der Waals surface area contributed by atoms with Crippen LogP contribution in [-0.4, -0.2) is 18.1 Å². The average molecular weight is 193 g/mol. The van der Waals surface area contributed by atoms with Crippen molar-refractivity contribution in [3.8, 4) is 0 Å². The van der Waals surface area contributed by atoms with Gasteiger partial charge in [0.15, 0.2) is 0 Å². The van der Waals surface area contributed by atoms with Crippen molar-refractivity contribution < 1.29 is 9.90 Å². The minimum Gasteiger partial charge on any atom is -0.481 e. The lowest BCUT2D eigenvalue weighted by Gasteiger charge is -2.06. The number of carbonyl (C=O) groups is 1. The van der Waals surface area contributed by atoms with E-state index in [4.69, 9.17) is 5.11 Å². The number of aliphatic carboxylic acids is 1. The fourth-order valence-corrected chi connectivity index (χ4v) is 1.43. The zero-order valence-electron chi connectivity index (χ0n) is 8.50. The lowest BCUT2D eigenvalue weighted by atomic mass is 10.0. The quantitative estimate of drug-likeness (QED) is 0.758. The molecule has 0 unspecified atom stereocenters. The van der Waals surface area contributed by atoms with Crippen molar-refractivity contribution in [2.75, 3.05) is 7.05 Å². The van der Waals surface area contributed by atoms with Crippen LogP contribution in [0.2, 0.25) is 0 Å². The van der Waals surface area contributed by atoms with Gasteiger partial charge in [0.05, 0.1) is 6.42 Å². The van der Waals surface area contributed by atoms with Gasteiger partial charge in [0.1, 0.15) is 0 Å². The molecule has 0 bridgehead atoms. The van der Waals surface area contributed by atoms with Crippen LogP contribution in [0.15, 0.2) is 18.2 Å². The van der Waals surface area contributed by atoms with Crippen molar-refractivity contribution in [1.82, 2.24) is 5.32 Å². The molecule has 0 spiro atoms. The Kier molecular flexibility index (Phi) is 3.65. The smallest absolute Gasteiger partial charge is 0.307 e. The highest BCUT2D eigenvalue weighted by Gasteiger charge is 2.04. The Morgan fingerprint density at radius 2 is 2.21 bits per heavy atom. The highest BCUT2D eigenvalue weighted by atomic mass is 16.4. The van der Waals surface area contributed by atoms with Crippen molar-refractivity contribution in [2.45, 2.75) is 19.9 Å². The van der Waals surface area contributed by atoms with Gasteiger partial charge in [-0.1, -0.05) is 18.2 Å². The van der Waals surface area contributed by atoms with E-state index in [0.29, 0.717) is 0 Å². The van der Waals surface area contributed by atoms with Crippen LogP contribution in [0, 0.1) is 6.92 Å².